The largest absolute Gasteiger partial charge is 0.349 e. The molecule has 0 saturated carbocycles. The molecule has 96 valence electrons. The molecule has 0 spiro atoms. The summed E-state index contributed by atoms with van der Waals surface area (Å²) in [7, 11) is -1.09. The quantitative estimate of drug-likeness (QED) is 0.735. The fourth-order valence-electron chi connectivity index (χ4n) is 2.11. The molecular weight excluding hydrogens is 260 g/mol. The van der Waals surface area contributed by atoms with Crippen LogP contribution in [0.1, 0.15) is 19.8 Å². The van der Waals surface area contributed by atoms with Crippen molar-refractivity contribution in [1.29, 1.82) is 0 Å². The van der Waals surface area contributed by atoms with Gasteiger partial charge in [0.25, 0.3) is 0 Å². The van der Waals surface area contributed by atoms with E-state index in [2.05, 4.69) is 4.99 Å². The predicted octanol–water partition coefficient (Wildman–Crippen LogP) is 0.513. The van der Waals surface area contributed by atoms with Crippen molar-refractivity contribution in [3.63, 3.8) is 0 Å². The summed E-state index contributed by atoms with van der Waals surface area (Å²) in [5, 5.41) is 0.714. The molecule has 0 N–H and O–H groups in total. The van der Waals surface area contributed by atoms with Crippen LogP contribution in [0.2, 0.25) is 0 Å². The number of thioether (sulfide) groups is 1. The molecule has 2 fully saturated rings. The van der Waals surface area contributed by atoms with Gasteiger partial charge in [-0.25, -0.2) is 8.42 Å². The van der Waals surface area contributed by atoms with Crippen molar-refractivity contribution >= 4 is 32.7 Å². The molecule has 2 aliphatic heterocycles. The van der Waals surface area contributed by atoms with Crippen LogP contribution < -0.4 is 0 Å². The molecule has 0 aromatic heterocycles. The normalized spacial score (nSPS) is 33.1. The van der Waals surface area contributed by atoms with Crippen molar-refractivity contribution in [2.45, 2.75) is 31.1 Å². The number of rotatable bonds is 2. The smallest absolute Gasteiger partial charge is 0.248 e. The number of amidine groups is 1. The third-order valence-electron chi connectivity index (χ3n) is 3.01. The summed E-state index contributed by atoms with van der Waals surface area (Å²) in [6, 6.07) is -0.0156. The Labute approximate surface area is 106 Å². The fourth-order valence-corrected chi connectivity index (χ4v) is 6.13. The van der Waals surface area contributed by atoms with Crippen LogP contribution in [-0.2, 0) is 14.6 Å². The molecule has 2 aliphatic rings. The maximum Gasteiger partial charge on any atom is 0.248 e. The molecule has 0 aliphatic carbocycles. The summed E-state index contributed by atoms with van der Waals surface area (Å²) in [5.41, 5.74) is 0. The van der Waals surface area contributed by atoms with Crippen LogP contribution in [0.15, 0.2) is 4.99 Å². The highest BCUT2D eigenvalue weighted by molar-refractivity contribution is 8.15. The zero-order valence-electron chi connectivity index (χ0n) is 9.92. The first kappa shape index (κ1) is 12.9. The molecule has 5 nitrogen and oxygen atoms in total. The first-order valence-corrected chi connectivity index (χ1v) is 8.34. The van der Waals surface area contributed by atoms with Crippen molar-refractivity contribution in [3.8, 4) is 0 Å². The number of aliphatic imine (C=N–C) groups is 1. The summed E-state index contributed by atoms with van der Waals surface area (Å²) < 4.78 is 22.9. The van der Waals surface area contributed by atoms with E-state index in [1.807, 2.05) is 18.9 Å². The van der Waals surface area contributed by atoms with Gasteiger partial charge in [-0.2, -0.15) is 4.99 Å². The Morgan fingerprint density at radius 3 is 2.82 bits per heavy atom. The molecule has 7 heteroatoms. The predicted molar refractivity (Wildman–Crippen MR) is 68.9 cm³/mol. The lowest BCUT2D eigenvalue weighted by Crippen LogP contribution is -2.34. The van der Waals surface area contributed by atoms with E-state index in [0.29, 0.717) is 11.6 Å². The SMILES string of the molecule is CCCC(=O)N=C1S[C@@H]2CS(=O)(=O)C[C@H]2N1C. The summed E-state index contributed by atoms with van der Waals surface area (Å²) in [5.74, 6) is 0.264. The molecule has 1 amide bonds. The number of nitrogens with zero attached hydrogens (tertiary/aromatic N) is 2. The molecule has 0 bridgehead atoms. The summed E-state index contributed by atoms with van der Waals surface area (Å²) in [4.78, 5) is 17.3. The second kappa shape index (κ2) is 4.61. The molecule has 0 unspecified atom stereocenters. The minimum absolute atomic E-state index is 0.0156. The first-order valence-electron chi connectivity index (χ1n) is 5.64. The fraction of sp³-hybridized carbons (Fsp3) is 0.800. The van der Waals surface area contributed by atoms with Crippen LogP contribution in [0.25, 0.3) is 0 Å². The van der Waals surface area contributed by atoms with E-state index >= 15 is 0 Å². The van der Waals surface area contributed by atoms with Crippen molar-refractivity contribution < 1.29 is 13.2 Å². The third-order valence-corrected chi connectivity index (χ3v) is 6.31. The van der Waals surface area contributed by atoms with Gasteiger partial charge in [-0.05, 0) is 6.42 Å². The molecule has 0 aromatic rings. The molecule has 2 rings (SSSR count). The number of fused-ring (bicyclic) bond motifs is 1. The second-order valence-corrected chi connectivity index (χ2v) is 7.81. The lowest BCUT2D eigenvalue weighted by molar-refractivity contribution is -0.117. The van der Waals surface area contributed by atoms with Crippen LogP contribution in [0.4, 0.5) is 0 Å². The molecule has 0 aromatic carbocycles. The van der Waals surface area contributed by atoms with Crippen molar-refractivity contribution in [2.75, 3.05) is 18.6 Å². The summed E-state index contributed by atoms with van der Waals surface area (Å²) in [6.45, 7) is 1.94. The van der Waals surface area contributed by atoms with Gasteiger partial charge >= 0.3 is 0 Å². The minimum atomic E-state index is -2.90. The van der Waals surface area contributed by atoms with Gasteiger partial charge in [0.2, 0.25) is 5.91 Å². The maximum atomic E-state index is 11.5. The Morgan fingerprint density at radius 1 is 1.53 bits per heavy atom. The monoisotopic (exact) mass is 276 g/mol. The Morgan fingerprint density at radius 2 is 2.24 bits per heavy atom. The van der Waals surface area contributed by atoms with Crippen molar-refractivity contribution in [3.05, 3.63) is 0 Å². The Balaban J connectivity index is 2.10. The molecule has 0 radical (unpaired) electrons. The highest BCUT2D eigenvalue weighted by Crippen LogP contribution is 2.36. The van der Waals surface area contributed by atoms with E-state index in [4.69, 9.17) is 0 Å². The van der Waals surface area contributed by atoms with E-state index in [1.54, 1.807) is 0 Å². The minimum Gasteiger partial charge on any atom is -0.349 e. The van der Waals surface area contributed by atoms with Crippen molar-refractivity contribution in [1.82, 2.24) is 4.90 Å². The third kappa shape index (κ3) is 2.65. The van der Waals surface area contributed by atoms with E-state index in [1.165, 1.54) is 11.8 Å². The lowest BCUT2D eigenvalue weighted by Gasteiger charge is -2.17. The Bertz CT molecular complexity index is 458. The molecule has 17 heavy (non-hydrogen) atoms. The average Bonchev–Trinajstić information content (AvgIpc) is 2.63. The van der Waals surface area contributed by atoms with Gasteiger partial charge in [0.05, 0.1) is 17.5 Å². The van der Waals surface area contributed by atoms with E-state index < -0.39 is 9.84 Å². The number of hydrogen-bond acceptors (Lipinski definition) is 4. The Hall–Kier alpha value is -0.560. The standard InChI is InChI=1S/C10H16N2O3S2/c1-3-4-9(13)11-10-12(2)7-5-17(14,15)6-8(7)16-10/h7-8H,3-6H2,1-2H3/t7-,8-/m1/s1. The van der Waals surface area contributed by atoms with Crippen LogP contribution >= 0.6 is 11.8 Å². The average molecular weight is 276 g/mol. The second-order valence-electron chi connectivity index (χ2n) is 4.45. The van der Waals surface area contributed by atoms with Crippen LogP contribution in [0, 0.1) is 0 Å². The Kier molecular flexibility index (Phi) is 3.49. The number of carbonyl (C=O) groups excluding carboxylic acids is 1. The number of sulfone groups is 1. The van der Waals surface area contributed by atoms with Gasteiger partial charge in [0.1, 0.15) is 0 Å². The number of amides is 1. The zero-order chi connectivity index (χ0) is 12.6. The highest BCUT2D eigenvalue weighted by Gasteiger charge is 2.47. The van der Waals surface area contributed by atoms with Crippen LogP contribution in [0.3, 0.4) is 0 Å². The van der Waals surface area contributed by atoms with Gasteiger partial charge in [-0.15, -0.1) is 0 Å². The van der Waals surface area contributed by atoms with Gasteiger partial charge in [0, 0.05) is 18.7 Å². The maximum absolute atomic E-state index is 11.5. The summed E-state index contributed by atoms with van der Waals surface area (Å²) in [6.07, 6.45) is 1.23. The lowest BCUT2D eigenvalue weighted by atomic mass is 10.2. The van der Waals surface area contributed by atoms with Gasteiger partial charge in [-0.1, -0.05) is 18.7 Å². The number of carbonyl (C=O) groups is 1. The van der Waals surface area contributed by atoms with Crippen LogP contribution in [-0.4, -0.2) is 54.2 Å². The van der Waals surface area contributed by atoms with Gasteiger partial charge in [-0.3, -0.25) is 4.79 Å². The van der Waals surface area contributed by atoms with Crippen molar-refractivity contribution in [2.24, 2.45) is 4.99 Å². The van der Waals surface area contributed by atoms with Gasteiger partial charge in [0.15, 0.2) is 15.0 Å². The van der Waals surface area contributed by atoms with Crippen LogP contribution in [0.5, 0.6) is 0 Å². The zero-order valence-corrected chi connectivity index (χ0v) is 11.6. The van der Waals surface area contributed by atoms with E-state index in [0.717, 1.165) is 6.42 Å². The van der Waals surface area contributed by atoms with Gasteiger partial charge < -0.3 is 4.90 Å². The summed E-state index contributed by atoms with van der Waals surface area (Å²) >= 11 is 1.42. The molecular formula is C10H16N2O3S2. The topological polar surface area (TPSA) is 66.8 Å². The molecule has 2 heterocycles. The number of hydrogen-bond donors (Lipinski definition) is 0. The van der Waals surface area contributed by atoms with E-state index in [9.17, 15) is 13.2 Å². The molecule has 2 atom stereocenters. The van der Waals surface area contributed by atoms with E-state index in [-0.39, 0.29) is 28.7 Å². The highest BCUT2D eigenvalue weighted by atomic mass is 32.2. The first-order chi connectivity index (χ1) is 7.93. The molecule has 2 saturated heterocycles.